The third-order valence-corrected chi connectivity index (χ3v) is 5.02. The van der Waals surface area contributed by atoms with Gasteiger partial charge in [0.1, 0.15) is 5.75 Å². The molecule has 2 aromatic carbocycles. The molecule has 0 bridgehead atoms. The smallest absolute Gasteiger partial charge is 0.253 e. The van der Waals surface area contributed by atoms with E-state index in [4.69, 9.17) is 16.3 Å². The van der Waals surface area contributed by atoms with Crippen molar-refractivity contribution < 1.29 is 14.3 Å². The number of hydrogen-bond donors (Lipinski definition) is 1. The van der Waals surface area contributed by atoms with Crippen LogP contribution in [0.2, 0.25) is 5.02 Å². The van der Waals surface area contributed by atoms with Crippen LogP contribution in [-0.4, -0.2) is 36.9 Å². The van der Waals surface area contributed by atoms with Crippen molar-refractivity contribution in [2.24, 2.45) is 5.92 Å². The minimum absolute atomic E-state index is 0.0218. The van der Waals surface area contributed by atoms with Gasteiger partial charge in [-0.1, -0.05) is 23.7 Å². The molecule has 2 amide bonds. The zero-order valence-electron chi connectivity index (χ0n) is 15.3. The molecule has 27 heavy (non-hydrogen) atoms. The molecule has 0 unspecified atom stereocenters. The second-order valence-corrected chi connectivity index (χ2v) is 7.10. The molecule has 1 atom stereocenters. The Labute approximate surface area is 164 Å². The zero-order valence-corrected chi connectivity index (χ0v) is 16.0. The number of nitrogens with zero attached hydrogens (tertiary/aromatic N) is 1. The summed E-state index contributed by atoms with van der Waals surface area (Å²) in [7, 11) is 1.62. The highest BCUT2D eigenvalue weighted by Crippen LogP contribution is 2.20. The van der Waals surface area contributed by atoms with Crippen LogP contribution in [-0.2, 0) is 11.3 Å². The molecule has 0 saturated carbocycles. The number of rotatable bonds is 5. The molecule has 6 heteroatoms. The number of benzene rings is 2. The molecule has 0 radical (unpaired) electrons. The molecule has 1 saturated heterocycles. The Morgan fingerprint density at radius 3 is 2.74 bits per heavy atom. The predicted octanol–water partition coefficient (Wildman–Crippen LogP) is 3.52. The second kappa shape index (κ2) is 8.91. The monoisotopic (exact) mass is 386 g/mol. The lowest BCUT2D eigenvalue weighted by Gasteiger charge is -2.32. The fraction of sp³-hybridized carbons (Fsp3) is 0.333. The third kappa shape index (κ3) is 5.01. The quantitative estimate of drug-likeness (QED) is 0.855. The first-order valence-electron chi connectivity index (χ1n) is 9.02. The van der Waals surface area contributed by atoms with Gasteiger partial charge in [-0.15, -0.1) is 0 Å². The minimum atomic E-state index is -0.194. The summed E-state index contributed by atoms with van der Waals surface area (Å²) < 4.78 is 5.20. The van der Waals surface area contributed by atoms with E-state index in [0.717, 1.165) is 24.2 Å². The largest absolute Gasteiger partial charge is 0.497 e. The lowest BCUT2D eigenvalue weighted by molar-refractivity contribution is -0.126. The van der Waals surface area contributed by atoms with Gasteiger partial charge in [-0.25, -0.2) is 0 Å². The summed E-state index contributed by atoms with van der Waals surface area (Å²) in [6.07, 6.45) is 1.60. The normalized spacial score (nSPS) is 16.7. The molecule has 2 aromatic rings. The highest BCUT2D eigenvalue weighted by molar-refractivity contribution is 6.30. The van der Waals surface area contributed by atoms with Crippen LogP contribution in [0, 0.1) is 5.92 Å². The Bertz CT molecular complexity index is 807. The van der Waals surface area contributed by atoms with Crippen LogP contribution in [0.1, 0.15) is 28.8 Å². The molecule has 0 aromatic heterocycles. The number of methoxy groups -OCH3 is 1. The molecule has 1 aliphatic heterocycles. The number of nitrogens with one attached hydrogen (secondary N) is 1. The maximum atomic E-state index is 12.7. The van der Waals surface area contributed by atoms with E-state index in [1.165, 1.54) is 0 Å². The van der Waals surface area contributed by atoms with E-state index in [1.807, 2.05) is 24.3 Å². The summed E-state index contributed by atoms with van der Waals surface area (Å²) in [6.45, 7) is 1.55. The topological polar surface area (TPSA) is 58.6 Å². The fourth-order valence-corrected chi connectivity index (χ4v) is 3.39. The summed E-state index contributed by atoms with van der Waals surface area (Å²) in [6, 6.07) is 14.5. The zero-order chi connectivity index (χ0) is 19.2. The molecule has 5 nitrogen and oxygen atoms in total. The Balaban J connectivity index is 1.57. The van der Waals surface area contributed by atoms with Crippen molar-refractivity contribution in [3.05, 3.63) is 64.7 Å². The number of halogens is 1. The van der Waals surface area contributed by atoms with Crippen LogP contribution < -0.4 is 10.1 Å². The van der Waals surface area contributed by atoms with Crippen molar-refractivity contribution in [3.8, 4) is 5.75 Å². The van der Waals surface area contributed by atoms with Gasteiger partial charge >= 0.3 is 0 Å². The summed E-state index contributed by atoms with van der Waals surface area (Å²) in [5.74, 6) is 0.489. The van der Waals surface area contributed by atoms with Gasteiger partial charge in [0.2, 0.25) is 5.91 Å². The van der Waals surface area contributed by atoms with Crippen molar-refractivity contribution in [2.45, 2.75) is 19.4 Å². The lowest BCUT2D eigenvalue weighted by atomic mass is 9.96. The molecule has 1 N–H and O–H groups in total. The van der Waals surface area contributed by atoms with Crippen LogP contribution in [0.25, 0.3) is 0 Å². The number of hydrogen-bond acceptors (Lipinski definition) is 3. The van der Waals surface area contributed by atoms with Crippen LogP contribution in [0.4, 0.5) is 0 Å². The summed E-state index contributed by atoms with van der Waals surface area (Å²) in [5.41, 5.74) is 1.57. The molecular formula is C21H23ClN2O3. The lowest BCUT2D eigenvalue weighted by Crippen LogP contribution is -2.45. The summed E-state index contributed by atoms with van der Waals surface area (Å²) in [4.78, 5) is 27.0. The molecule has 1 heterocycles. The Morgan fingerprint density at radius 2 is 2.00 bits per heavy atom. The first kappa shape index (κ1) is 19.2. The van der Waals surface area contributed by atoms with Crippen molar-refractivity contribution in [1.82, 2.24) is 10.2 Å². The van der Waals surface area contributed by atoms with Gasteiger partial charge in [0.05, 0.1) is 13.0 Å². The van der Waals surface area contributed by atoms with E-state index < -0.39 is 0 Å². The van der Waals surface area contributed by atoms with E-state index in [2.05, 4.69) is 5.32 Å². The maximum Gasteiger partial charge on any atom is 0.253 e. The van der Waals surface area contributed by atoms with E-state index in [9.17, 15) is 9.59 Å². The summed E-state index contributed by atoms with van der Waals surface area (Å²) in [5, 5.41) is 3.57. The number of piperidine rings is 1. The van der Waals surface area contributed by atoms with Crippen molar-refractivity contribution in [1.29, 1.82) is 0 Å². The second-order valence-electron chi connectivity index (χ2n) is 6.67. The number of likely N-dealkylation sites (tertiary alicyclic amines) is 1. The van der Waals surface area contributed by atoms with Gasteiger partial charge in [0, 0.05) is 30.2 Å². The molecule has 0 spiro atoms. The standard InChI is InChI=1S/C21H23ClN2O3/c1-27-19-6-2-4-15(12-19)13-23-20(25)17-5-3-11-24(14-17)21(26)16-7-9-18(22)10-8-16/h2,4,6-10,12,17H,3,5,11,13-14H2,1H3,(H,23,25)/t17-/m0/s1. The number of ether oxygens (including phenoxy) is 1. The van der Waals surface area contributed by atoms with Crippen molar-refractivity contribution in [2.75, 3.05) is 20.2 Å². The van der Waals surface area contributed by atoms with Crippen LogP contribution >= 0.6 is 11.6 Å². The van der Waals surface area contributed by atoms with Gasteiger partial charge in [0.15, 0.2) is 0 Å². The highest BCUT2D eigenvalue weighted by Gasteiger charge is 2.28. The van der Waals surface area contributed by atoms with Gasteiger partial charge < -0.3 is 15.0 Å². The maximum absolute atomic E-state index is 12.7. The van der Waals surface area contributed by atoms with Crippen LogP contribution in [0.3, 0.4) is 0 Å². The van der Waals surface area contributed by atoms with Crippen molar-refractivity contribution in [3.63, 3.8) is 0 Å². The van der Waals surface area contributed by atoms with Crippen molar-refractivity contribution >= 4 is 23.4 Å². The van der Waals surface area contributed by atoms with Gasteiger partial charge in [0.25, 0.3) is 5.91 Å². The van der Waals surface area contributed by atoms with Gasteiger partial charge in [-0.2, -0.15) is 0 Å². The van der Waals surface area contributed by atoms with E-state index in [0.29, 0.717) is 30.2 Å². The fourth-order valence-electron chi connectivity index (χ4n) is 3.27. The van der Waals surface area contributed by atoms with Gasteiger partial charge in [-0.3, -0.25) is 9.59 Å². The molecule has 142 valence electrons. The molecule has 0 aliphatic carbocycles. The summed E-state index contributed by atoms with van der Waals surface area (Å²) >= 11 is 5.89. The Kier molecular flexibility index (Phi) is 6.35. The van der Waals surface area contributed by atoms with Crippen LogP contribution in [0.5, 0.6) is 5.75 Å². The Hall–Kier alpha value is -2.53. The van der Waals surface area contributed by atoms with E-state index >= 15 is 0 Å². The first-order chi connectivity index (χ1) is 13.1. The van der Waals surface area contributed by atoms with E-state index in [-0.39, 0.29) is 17.7 Å². The highest BCUT2D eigenvalue weighted by atomic mass is 35.5. The average Bonchev–Trinajstić information content (AvgIpc) is 2.72. The SMILES string of the molecule is COc1cccc(CNC(=O)[C@H]2CCCN(C(=O)c3ccc(Cl)cc3)C2)c1. The number of carbonyl (C=O) groups excluding carboxylic acids is 2. The number of amides is 2. The molecule has 3 rings (SSSR count). The molecule has 1 fully saturated rings. The predicted molar refractivity (Wildman–Crippen MR) is 105 cm³/mol. The third-order valence-electron chi connectivity index (χ3n) is 4.77. The van der Waals surface area contributed by atoms with E-state index in [1.54, 1.807) is 36.3 Å². The van der Waals surface area contributed by atoms with Crippen LogP contribution in [0.15, 0.2) is 48.5 Å². The minimum Gasteiger partial charge on any atom is -0.497 e. The Morgan fingerprint density at radius 1 is 1.22 bits per heavy atom. The number of carbonyl (C=O) groups is 2. The molecular weight excluding hydrogens is 364 g/mol. The average molecular weight is 387 g/mol. The van der Waals surface area contributed by atoms with Gasteiger partial charge in [-0.05, 0) is 54.8 Å². The molecule has 1 aliphatic rings. The first-order valence-corrected chi connectivity index (χ1v) is 9.40.